The molecule has 0 aliphatic heterocycles. The Morgan fingerprint density at radius 3 is 2.48 bits per heavy atom. The average molecular weight is 528 g/mol. The molecule has 0 aliphatic rings. The molecule has 2 aromatic rings. The molecule has 0 aliphatic carbocycles. The Bertz CT molecular complexity index is 879. The van der Waals surface area contributed by atoms with Crippen LogP contribution in [0.5, 0.6) is 11.5 Å². The van der Waals surface area contributed by atoms with E-state index in [9.17, 15) is 9.59 Å². The van der Waals surface area contributed by atoms with Crippen molar-refractivity contribution in [2.24, 2.45) is 5.10 Å². The molecule has 0 bridgehead atoms. The summed E-state index contributed by atoms with van der Waals surface area (Å²) in [6.07, 6.45) is 1.43. The first-order valence-electron chi connectivity index (χ1n) is 8.68. The van der Waals surface area contributed by atoms with Gasteiger partial charge in [-0.3, -0.25) is 4.79 Å². The predicted octanol–water partition coefficient (Wildman–Crippen LogP) is 3.99. The first kappa shape index (κ1) is 22.9. The highest BCUT2D eigenvalue weighted by Gasteiger charge is 2.10. The summed E-state index contributed by atoms with van der Waals surface area (Å²) >= 11 is 6.82. The number of nitrogens with zero attached hydrogens (tertiary/aromatic N) is 1. The molecule has 0 atom stereocenters. The van der Waals surface area contributed by atoms with Crippen LogP contribution in [-0.2, 0) is 14.3 Å². The maximum Gasteiger partial charge on any atom is 0.344 e. The number of benzene rings is 2. The van der Waals surface area contributed by atoms with Crippen molar-refractivity contribution in [3.8, 4) is 11.5 Å². The van der Waals surface area contributed by atoms with Crippen molar-refractivity contribution >= 4 is 50.0 Å². The quantitative estimate of drug-likeness (QED) is 0.303. The number of esters is 1. The van der Waals surface area contributed by atoms with Crippen molar-refractivity contribution in [2.75, 3.05) is 19.8 Å². The van der Waals surface area contributed by atoms with Crippen molar-refractivity contribution in [3.05, 3.63) is 56.5 Å². The van der Waals surface area contributed by atoms with Crippen LogP contribution in [0.1, 0.15) is 18.1 Å². The first-order chi connectivity index (χ1) is 13.9. The van der Waals surface area contributed by atoms with Crippen LogP contribution in [-0.4, -0.2) is 37.9 Å². The highest BCUT2D eigenvalue weighted by Crippen LogP contribution is 2.34. The Hall–Kier alpha value is -2.39. The van der Waals surface area contributed by atoms with Gasteiger partial charge in [-0.15, -0.1) is 0 Å². The Balaban J connectivity index is 1.90. The predicted molar refractivity (Wildman–Crippen MR) is 116 cm³/mol. The van der Waals surface area contributed by atoms with Crippen LogP contribution in [0.2, 0.25) is 0 Å². The normalized spacial score (nSPS) is 10.6. The molecule has 0 spiro atoms. The van der Waals surface area contributed by atoms with E-state index in [0.717, 1.165) is 14.5 Å². The standard InChI is InChI=1S/C20H20Br2N2O5/c1-3-27-19(26)12-28-17-7-5-4-6-14(17)10-23-24-18(25)11-29-20-15(21)8-13(2)9-16(20)22/h4-10H,3,11-12H2,1-2H3,(H,24,25). The number of hydrazone groups is 1. The second-order valence-corrected chi connectivity index (χ2v) is 7.48. The van der Waals surface area contributed by atoms with E-state index < -0.39 is 11.9 Å². The van der Waals surface area contributed by atoms with Crippen LogP contribution in [0.25, 0.3) is 0 Å². The molecular weight excluding hydrogens is 508 g/mol. The number of carbonyl (C=O) groups excluding carboxylic acids is 2. The number of rotatable bonds is 9. The fourth-order valence-corrected chi connectivity index (χ4v) is 3.87. The van der Waals surface area contributed by atoms with Gasteiger partial charge in [0.1, 0.15) is 11.5 Å². The van der Waals surface area contributed by atoms with Crippen molar-refractivity contribution in [1.29, 1.82) is 0 Å². The maximum atomic E-state index is 12.0. The van der Waals surface area contributed by atoms with Gasteiger partial charge in [-0.05, 0) is 75.5 Å². The van der Waals surface area contributed by atoms with E-state index in [1.165, 1.54) is 6.21 Å². The molecule has 29 heavy (non-hydrogen) atoms. The molecule has 0 saturated heterocycles. The Labute approximate surface area is 185 Å². The van der Waals surface area contributed by atoms with Gasteiger partial charge in [0.15, 0.2) is 13.2 Å². The van der Waals surface area contributed by atoms with Gasteiger partial charge in [0.2, 0.25) is 0 Å². The molecule has 0 aromatic heterocycles. The van der Waals surface area contributed by atoms with Crippen molar-refractivity contribution < 1.29 is 23.8 Å². The number of nitrogens with one attached hydrogen (secondary N) is 1. The van der Waals surface area contributed by atoms with Crippen molar-refractivity contribution in [3.63, 3.8) is 0 Å². The monoisotopic (exact) mass is 526 g/mol. The van der Waals surface area contributed by atoms with Crippen molar-refractivity contribution in [1.82, 2.24) is 5.43 Å². The van der Waals surface area contributed by atoms with E-state index in [0.29, 0.717) is 17.1 Å². The van der Waals surface area contributed by atoms with Gasteiger partial charge in [-0.1, -0.05) is 12.1 Å². The molecule has 2 rings (SSSR count). The van der Waals surface area contributed by atoms with Gasteiger partial charge in [-0.2, -0.15) is 5.10 Å². The lowest BCUT2D eigenvalue weighted by atomic mass is 10.2. The Kier molecular flexibility index (Phi) is 9.14. The average Bonchev–Trinajstić information content (AvgIpc) is 2.66. The van der Waals surface area contributed by atoms with Gasteiger partial charge in [0, 0.05) is 5.56 Å². The number of para-hydroxylation sites is 1. The Morgan fingerprint density at radius 1 is 1.10 bits per heavy atom. The second kappa shape index (κ2) is 11.6. The highest BCUT2D eigenvalue weighted by atomic mass is 79.9. The number of aryl methyl sites for hydroxylation is 1. The van der Waals surface area contributed by atoms with Crippen LogP contribution < -0.4 is 14.9 Å². The minimum atomic E-state index is -0.460. The van der Waals surface area contributed by atoms with Gasteiger partial charge in [0.05, 0.1) is 21.8 Å². The number of hydrogen-bond acceptors (Lipinski definition) is 6. The summed E-state index contributed by atoms with van der Waals surface area (Å²) in [7, 11) is 0. The van der Waals surface area contributed by atoms with Crippen LogP contribution in [0.4, 0.5) is 0 Å². The molecule has 9 heteroatoms. The molecule has 0 fully saturated rings. The number of ether oxygens (including phenoxy) is 3. The van der Waals surface area contributed by atoms with E-state index in [1.54, 1.807) is 31.2 Å². The van der Waals surface area contributed by atoms with Gasteiger partial charge >= 0.3 is 5.97 Å². The van der Waals surface area contributed by atoms with E-state index in [-0.39, 0.29) is 19.8 Å². The third-order valence-corrected chi connectivity index (χ3v) is 4.63. The summed E-state index contributed by atoms with van der Waals surface area (Å²) in [4.78, 5) is 23.4. The lowest BCUT2D eigenvalue weighted by Crippen LogP contribution is -2.24. The molecule has 2 aromatic carbocycles. The molecule has 0 saturated carbocycles. The number of hydrogen-bond donors (Lipinski definition) is 1. The second-order valence-electron chi connectivity index (χ2n) is 5.77. The van der Waals surface area contributed by atoms with E-state index in [1.807, 2.05) is 19.1 Å². The molecular formula is C20H20Br2N2O5. The van der Waals surface area contributed by atoms with Crippen LogP contribution in [0, 0.1) is 6.92 Å². The molecule has 0 radical (unpaired) electrons. The Morgan fingerprint density at radius 2 is 1.79 bits per heavy atom. The fourth-order valence-electron chi connectivity index (χ4n) is 2.23. The highest BCUT2D eigenvalue weighted by molar-refractivity contribution is 9.11. The van der Waals surface area contributed by atoms with E-state index in [2.05, 4.69) is 42.4 Å². The van der Waals surface area contributed by atoms with Gasteiger partial charge < -0.3 is 14.2 Å². The summed E-state index contributed by atoms with van der Waals surface area (Å²) in [5.41, 5.74) is 4.04. The zero-order valence-electron chi connectivity index (χ0n) is 15.9. The fraction of sp³-hybridized carbons (Fsp3) is 0.250. The molecule has 154 valence electrons. The lowest BCUT2D eigenvalue weighted by Gasteiger charge is -2.10. The number of amides is 1. The minimum Gasteiger partial charge on any atom is -0.481 e. The number of carbonyl (C=O) groups is 2. The molecule has 1 amide bonds. The van der Waals surface area contributed by atoms with Crippen LogP contribution in [0.15, 0.2) is 50.4 Å². The third-order valence-electron chi connectivity index (χ3n) is 3.45. The molecule has 0 heterocycles. The maximum absolute atomic E-state index is 12.0. The zero-order chi connectivity index (χ0) is 21.2. The van der Waals surface area contributed by atoms with Gasteiger partial charge in [0.25, 0.3) is 5.91 Å². The minimum absolute atomic E-state index is 0.209. The summed E-state index contributed by atoms with van der Waals surface area (Å²) in [5, 5.41) is 3.91. The lowest BCUT2D eigenvalue weighted by molar-refractivity contribution is -0.145. The largest absolute Gasteiger partial charge is 0.481 e. The topological polar surface area (TPSA) is 86.2 Å². The zero-order valence-corrected chi connectivity index (χ0v) is 19.1. The van der Waals surface area contributed by atoms with Gasteiger partial charge in [-0.25, -0.2) is 10.2 Å². The van der Waals surface area contributed by atoms with Crippen molar-refractivity contribution in [2.45, 2.75) is 13.8 Å². The summed E-state index contributed by atoms with van der Waals surface area (Å²) < 4.78 is 17.3. The molecule has 1 N–H and O–H groups in total. The van der Waals surface area contributed by atoms with E-state index >= 15 is 0 Å². The summed E-state index contributed by atoms with van der Waals surface area (Å²) in [5.74, 6) is 0.0958. The molecule has 0 unspecified atom stereocenters. The molecule has 7 nitrogen and oxygen atoms in total. The summed E-state index contributed by atoms with van der Waals surface area (Å²) in [6, 6.07) is 10.8. The third kappa shape index (κ3) is 7.51. The first-order valence-corrected chi connectivity index (χ1v) is 10.3. The van der Waals surface area contributed by atoms with Crippen LogP contribution >= 0.6 is 31.9 Å². The smallest absolute Gasteiger partial charge is 0.344 e. The SMILES string of the molecule is CCOC(=O)COc1ccccc1C=NNC(=O)COc1c(Br)cc(C)cc1Br. The van der Waals surface area contributed by atoms with E-state index in [4.69, 9.17) is 14.2 Å². The summed E-state index contributed by atoms with van der Waals surface area (Å²) in [6.45, 7) is 3.54. The number of halogens is 2. The van der Waals surface area contributed by atoms with Crippen LogP contribution in [0.3, 0.4) is 0 Å².